The van der Waals surface area contributed by atoms with Crippen molar-refractivity contribution in [2.45, 2.75) is 6.42 Å². The average Bonchev–Trinajstić information content (AvgIpc) is 1.97. The highest BCUT2D eigenvalue weighted by molar-refractivity contribution is 6.14. The SMILES string of the molecule is CN1C(=N)CC(=O)N(C)C1=O. The molecule has 1 aliphatic heterocycles. The Hall–Kier alpha value is -1.39. The summed E-state index contributed by atoms with van der Waals surface area (Å²) >= 11 is 0. The Morgan fingerprint density at radius 3 is 2.36 bits per heavy atom. The molecule has 5 nitrogen and oxygen atoms in total. The van der Waals surface area contributed by atoms with Gasteiger partial charge in [0.1, 0.15) is 5.84 Å². The van der Waals surface area contributed by atoms with E-state index in [1.54, 1.807) is 0 Å². The van der Waals surface area contributed by atoms with E-state index in [4.69, 9.17) is 5.41 Å². The Bertz CT molecular complexity index is 214. The van der Waals surface area contributed by atoms with Crippen LogP contribution in [-0.4, -0.2) is 41.7 Å². The van der Waals surface area contributed by atoms with E-state index in [9.17, 15) is 9.59 Å². The highest BCUT2D eigenvalue weighted by Crippen LogP contribution is 2.07. The summed E-state index contributed by atoms with van der Waals surface area (Å²) in [5, 5.41) is 7.20. The van der Waals surface area contributed by atoms with Gasteiger partial charge < -0.3 is 0 Å². The van der Waals surface area contributed by atoms with E-state index in [1.165, 1.54) is 14.1 Å². The Kier molecular flexibility index (Phi) is 1.64. The molecular formula is C6H9N3O2. The minimum Gasteiger partial charge on any atom is -0.288 e. The topological polar surface area (TPSA) is 64.5 Å². The van der Waals surface area contributed by atoms with E-state index in [2.05, 4.69) is 0 Å². The van der Waals surface area contributed by atoms with Crippen LogP contribution in [0, 0.1) is 5.41 Å². The van der Waals surface area contributed by atoms with Crippen LogP contribution in [0.3, 0.4) is 0 Å². The summed E-state index contributed by atoms with van der Waals surface area (Å²) in [6.45, 7) is 0. The maximum atomic E-state index is 11.0. The van der Waals surface area contributed by atoms with Crippen LogP contribution in [0.4, 0.5) is 4.79 Å². The molecule has 1 rings (SSSR count). The van der Waals surface area contributed by atoms with Gasteiger partial charge in [-0.15, -0.1) is 0 Å². The van der Waals surface area contributed by atoms with Gasteiger partial charge >= 0.3 is 6.03 Å². The second kappa shape index (κ2) is 2.34. The van der Waals surface area contributed by atoms with Crippen LogP contribution in [0.25, 0.3) is 0 Å². The number of hydrogen-bond acceptors (Lipinski definition) is 3. The molecule has 0 unspecified atom stereocenters. The molecular weight excluding hydrogens is 146 g/mol. The zero-order valence-corrected chi connectivity index (χ0v) is 6.42. The fraction of sp³-hybridized carbons (Fsp3) is 0.500. The number of nitrogens with zero attached hydrogens (tertiary/aromatic N) is 2. The molecule has 0 aromatic rings. The fourth-order valence-electron chi connectivity index (χ4n) is 0.828. The third-order valence-corrected chi connectivity index (χ3v) is 1.67. The first kappa shape index (κ1) is 7.71. The number of nitrogens with one attached hydrogen (secondary N) is 1. The molecule has 11 heavy (non-hydrogen) atoms. The zero-order chi connectivity index (χ0) is 8.59. The molecule has 5 heteroatoms. The maximum absolute atomic E-state index is 11.0. The van der Waals surface area contributed by atoms with Gasteiger partial charge in [-0.1, -0.05) is 0 Å². The second-order valence-corrected chi connectivity index (χ2v) is 2.42. The summed E-state index contributed by atoms with van der Waals surface area (Å²) < 4.78 is 0. The Morgan fingerprint density at radius 2 is 1.82 bits per heavy atom. The molecule has 0 aliphatic carbocycles. The van der Waals surface area contributed by atoms with E-state index in [0.29, 0.717) is 0 Å². The van der Waals surface area contributed by atoms with Gasteiger partial charge in [-0.25, -0.2) is 4.79 Å². The molecule has 0 bridgehead atoms. The molecule has 60 valence electrons. The van der Waals surface area contributed by atoms with E-state index in [1.807, 2.05) is 0 Å². The predicted molar refractivity (Wildman–Crippen MR) is 38.3 cm³/mol. The number of urea groups is 1. The van der Waals surface area contributed by atoms with Gasteiger partial charge in [0.05, 0.1) is 6.42 Å². The van der Waals surface area contributed by atoms with Crippen molar-refractivity contribution in [3.05, 3.63) is 0 Å². The van der Waals surface area contributed by atoms with Gasteiger partial charge in [0.15, 0.2) is 0 Å². The van der Waals surface area contributed by atoms with Crippen LogP contribution in [0.1, 0.15) is 6.42 Å². The van der Waals surface area contributed by atoms with Crippen LogP contribution in [0.5, 0.6) is 0 Å². The summed E-state index contributed by atoms with van der Waals surface area (Å²) in [4.78, 5) is 24.1. The van der Waals surface area contributed by atoms with E-state index in [0.717, 1.165) is 9.80 Å². The Labute approximate surface area is 64.1 Å². The van der Waals surface area contributed by atoms with Crippen molar-refractivity contribution in [1.82, 2.24) is 9.80 Å². The van der Waals surface area contributed by atoms with Gasteiger partial charge in [-0.05, 0) is 0 Å². The van der Waals surface area contributed by atoms with Crippen molar-refractivity contribution in [3.8, 4) is 0 Å². The fourth-order valence-corrected chi connectivity index (χ4v) is 0.828. The van der Waals surface area contributed by atoms with Crippen molar-refractivity contribution in [2.24, 2.45) is 0 Å². The van der Waals surface area contributed by atoms with E-state index < -0.39 is 6.03 Å². The lowest BCUT2D eigenvalue weighted by molar-refractivity contribution is -0.127. The summed E-state index contributed by atoms with van der Waals surface area (Å²) in [7, 11) is 2.89. The summed E-state index contributed by atoms with van der Waals surface area (Å²) in [6, 6.07) is -0.439. The molecule has 1 aliphatic rings. The maximum Gasteiger partial charge on any atom is 0.331 e. The van der Waals surface area contributed by atoms with Crippen LogP contribution >= 0.6 is 0 Å². The standard InChI is InChI=1S/C6H9N3O2/c1-8-4(7)3-5(10)9(2)6(8)11/h7H,3H2,1-2H3. The highest BCUT2D eigenvalue weighted by atomic mass is 16.2. The second-order valence-electron chi connectivity index (χ2n) is 2.42. The van der Waals surface area contributed by atoms with Crippen LogP contribution < -0.4 is 0 Å². The summed E-state index contributed by atoms with van der Waals surface area (Å²) in [5.41, 5.74) is 0. The Balaban J connectivity index is 2.87. The molecule has 1 N–H and O–H groups in total. The number of carbonyl (C=O) groups excluding carboxylic acids is 2. The first-order valence-corrected chi connectivity index (χ1v) is 3.15. The molecule has 0 atom stereocenters. The quantitative estimate of drug-likeness (QED) is 0.530. The lowest BCUT2D eigenvalue weighted by Crippen LogP contribution is -2.51. The number of rotatable bonds is 0. The van der Waals surface area contributed by atoms with Gasteiger partial charge in [0, 0.05) is 14.1 Å². The molecule has 0 aromatic heterocycles. The van der Waals surface area contributed by atoms with Gasteiger partial charge in [-0.2, -0.15) is 0 Å². The molecule has 0 spiro atoms. The molecule has 0 aromatic carbocycles. The number of amidine groups is 1. The number of amides is 3. The van der Waals surface area contributed by atoms with Crippen molar-refractivity contribution >= 4 is 17.8 Å². The van der Waals surface area contributed by atoms with Crippen LogP contribution in [0.15, 0.2) is 0 Å². The largest absolute Gasteiger partial charge is 0.331 e. The lowest BCUT2D eigenvalue weighted by Gasteiger charge is -2.28. The van der Waals surface area contributed by atoms with Gasteiger partial charge in [0.25, 0.3) is 0 Å². The first-order chi connectivity index (χ1) is 5.04. The zero-order valence-electron chi connectivity index (χ0n) is 6.42. The molecule has 0 radical (unpaired) electrons. The van der Waals surface area contributed by atoms with Gasteiger partial charge in [0.2, 0.25) is 5.91 Å². The molecule has 1 heterocycles. The van der Waals surface area contributed by atoms with Crippen molar-refractivity contribution in [3.63, 3.8) is 0 Å². The smallest absolute Gasteiger partial charge is 0.288 e. The van der Waals surface area contributed by atoms with Crippen molar-refractivity contribution in [1.29, 1.82) is 5.41 Å². The molecule has 1 saturated heterocycles. The number of hydrogen-bond donors (Lipinski definition) is 1. The summed E-state index contributed by atoms with van der Waals surface area (Å²) in [6.07, 6.45) is 0.0126. The van der Waals surface area contributed by atoms with Crippen LogP contribution in [-0.2, 0) is 4.79 Å². The summed E-state index contributed by atoms with van der Waals surface area (Å²) in [5.74, 6) is -0.267. The predicted octanol–water partition coefficient (Wildman–Crippen LogP) is -0.122. The highest BCUT2D eigenvalue weighted by Gasteiger charge is 2.30. The monoisotopic (exact) mass is 155 g/mol. The van der Waals surface area contributed by atoms with Crippen molar-refractivity contribution in [2.75, 3.05) is 14.1 Å². The molecule has 0 saturated carbocycles. The number of imide groups is 1. The first-order valence-electron chi connectivity index (χ1n) is 3.15. The van der Waals surface area contributed by atoms with E-state index >= 15 is 0 Å². The lowest BCUT2D eigenvalue weighted by atomic mass is 10.3. The minimum absolute atomic E-state index is 0.0126. The molecule has 1 fully saturated rings. The molecule has 3 amide bonds. The average molecular weight is 155 g/mol. The van der Waals surface area contributed by atoms with E-state index in [-0.39, 0.29) is 18.2 Å². The third-order valence-electron chi connectivity index (χ3n) is 1.67. The normalized spacial score (nSPS) is 19.6. The minimum atomic E-state index is -0.439. The third kappa shape index (κ3) is 1.09. The Morgan fingerprint density at radius 1 is 1.27 bits per heavy atom. The number of carbonyl (C=O) groups is 2. The van der Waals surface area contributed by atoms with Crippen molar-refractivity contribution < 1.29 is 9.59 Å². The van der Waals surface area contributed by atoms with Crippen LogP contribution in [0.2, 0.25) is 0 Å². The van der Waals surface area contributed by atoms with Gasteiger partial charge in [-0.3, -0.25) is 20.0 Å².